The fraction of sp³-hybridized carbons (Fsp3) is 0.409. The minimum Gasteiger partial charge on any atom is -0.444 e. The van der Waals surface area contributed by atoms with Gasteiger partial charge in [-0.3, -0.25) is 9.78 Å². The largest absolute Gasteiger partial charge is 0.444 e. The lowest BCUT2D eigenvalue weighted by molar-refractivity contribution is 0.0500. The Hall–Kier alpha value is -2.91. The number of ether oxygens (including phenoxy) is 2. The van der Waals surface area contributed by atoms with Crippen LogP contribution in [0.25, 0.3) is 11.0 Å². The first kappa shape index (κ1) is 22.8. The lowest BCUT2D eigenvalue weighted by Crippen LogP contribution is -2.34. The number of aromatic amines is 2. The number of nitrogens with one attached hydrogen (secondary N) is 3. The first-order valence-electron chi connectivity index (χ1n) is 10.2. The van der Waals surface area contributed by atoms with E-state index in [0.29, 0.717) is 36.6 Å². The number of benzene rings is 1. The zero-order chi connectivity index (χ0) is 22.4. The molecule has 0 bridgehead atoms. The minimum absolute atomic E-state index is 0.220. The molecule has 0 aliphatic carbocycles. The number of carbonyl (C=O) groups is 1. The number of nitrogens with zero attached hydrogens (tertiary/aromatic N) is 1. The normalized spacial score (nSPS) is 11.6. The van der Waals surface area contributed by atoms with Gasteiger partial charge in [0.2, 0.25) is 0 Å². The number of carbonyl (C=O) groups excluding carboxylic acids is 1. The number of aromatic nitrogens is 3. The zero-order valence-corrected chi connectivity index (χ0v) is 18.8. The molecule has 166 valence electrons. The molecule has 3 rings (SSSR count). The highest BCUT2D eigenvalue weighted by molar-refractivity contribution is 7.71. The first-order valence-corrected chi connectivity index (χ1v) is 10.6. The molecule has 0 atom stereocenters. The van der Waals surface area contributed by atoms with Crippen molar-refractivity contribution < 1.29 is 14.3 Å². The molecule has 8 nitrogen and oxygen atoms in total. The van der Waals surface area contributed by atoms with Crippen molar-refractivity contribution in [3.05, 3.63) is 62.8 Å². The Morgan fingerprint density at radius 2 is 1.90 bits per heavy atom. The van der Waals surface area contributed by atoms with Gasteiger partial charge < -0.3 is 24.3 Å². The van der Waals surface area contributed by atoms with Crippen molar-refractivity contribution in [3.8, 4) is 0 Å². The van der Waals surface area contributed by atoms with E-state index >= 15 is 0 Å². The Morgan fingerprint density at radius 1 is 1.16 bits per heavy atom. The highest BCUT2D eigenvalue weighted by Gasteiger charge is 2.15. The standard InChI is InChI=1S/C22H28N4O4S/c1-22(2,3)30-21(28)24-11-13-29-12-9-15-6-4-5-7-16(15)14-26-17-8-10-23-18(17)19(27)25-20(26)31/h4-8,10,23H,9,11-14H2,1-3H3,(H,24,28)(H,25,27,31). The molecule has 0 radical (unpaired) electrons. The summed E-state index contributed by atoms with van der Waals surface area (Å²) < 4.78 is 13.2. The fourth-order valence-corrected chi connectivity index (χ4v) is 3.47. The third-order valence-corrected chi connectivity index (χ3v) is 4.91. The first-order chi connectivity index (χ1) is 14.7. The second kappa shape index (κ2) is 9.93. The van der Waals surface area contributed by atoms with Gasteiger partial charge in [0.25, 0.3) is 5.56 Å². The summed E-state index contributed by atoms with van der Waals surface area (Å²) in [5.74, 6) is 0. The number of amides is 1. The maximum atomic E-state index is 12.1. The molecule has 3 N–H and O–H groups in total. The molecule has 0 spiro atoms. The molecule has 1 aromatic carbocycles. The summed E-state index contributed by atoms with van der Waals surface area (Å²) in [6.45, 7) is 7.31. The van der Waals surface area contributed by atoms with Gasteiger partial charge in [-0.1, -0.05) is 24.3 Å². The monoisotopic (exact) mass is 444 g/mol. The summed E-state index contributed by atoms with van der Waals surface area (Å²) in [5.41, 5.74) is 2.78. The van der Waals surface area contributed by atoms with E-state index in [1.807, 2.05) is 49.6 Å². The van der Waals surface area contributed by atoms with Gasteiger partial charge in [-0.15, -0.1) is 0 Å². The predicted octanol–water partition coefficient (Wildman–Crippen LogP) is 3.52. The van der Waals surface area contributed by atoms with Crippen LogP contribution in [0.1, 0.15) is 31.9 Å². The van der Waals surface area contributed by atoms with Crippen molar-refractivity contribution in [2.45, 2.75) is 39.3 Å². The van der Waals surface area contributed by atoms with E-state index in [1.165, 1.54) is 0 Å². The van der Waals surface area contributed by atoms with Gasteiger partial charge in [0, 0.05) is 12.7 Å². The Labute approximate surface area is 185 Å². The van der Waals surface area contributed by atoms with Crippen LogP contribution in [0, 0.1) is 4.77 Å². The maximum absolute atomic E-state index is 12.1. The number of hydrogen-bond acceptors (Lipinski definition) is 5. The summed E-state index contributed by atoms with van der Waals surface area (Å²) in [5, 5.41) is 2.67. The number of fused-ring (bicyclic) bond motifs is 1. The molecule has 9 heteroatoms. The van der Waals surface area contributed by atoms with Crippen LogP contribution in [0.5, 0.6) is 0 Å². The highest BCUT2D eigenvalue weighted by atomic mass is 32.1. The van der Waals surface area contributed by atoms with E-state index in [2.05, 4.69) is 21.4 Å². The van der Waals surface area contributed by atoms with Crippen LogP contribution in [0.4, 0.5) is 4.79 Å². The van der Waals surface area contributed by atoms with Crippen LogP contribution in [0.15, 0.2) is 41.3 Å². The molecule has 0 unspecified atom stereocenters. The molecular formula is C22H28N4O4S. The summed E-state index contributed by atoms with van der Waals surface area (Å²) in [6.07, 6.45) is 2.00. The third-order valence-electron chi connectivity index (χ3n) is 4.59. The Balaban J connectivity index is 1.56. The number of alkyl carbamates (subject to hydrolysis) is 1. The van der Waals surface area contributed by atoms with Crippen molar-refractivity contribution in [1.82, 2.24) is 19.9 Å². The van der Waals surface area contributed by atoms with Gasteiger partial charge in [0.05, 0.1) is 25.3 Å². The molecule has 0 fully saturated rings. The molecule has 2 heterocycles. The van der Waals surface area contributed by atoms with E-state index in [9.17, 15) is 9.59 Å². The Kier molecular flexibility index (Phi) is 7.29. The van der Waals surface area contributed by atoms with Crippen molar-refractivity contribution in [2.24, 2.45) is 0 Å². The van der Waals surface area contributed by atoms with E-state index in [0.717, 1.165) is 23.1 Å². The summed E-state index contributed by atoms with van der Waals surface area (Å²) >= 11 is 5.39. The van der Waals surface area contributed by atoms with Crippen molar-refractivity contribution >= 4 is 29.3 Å². The quantitative estimate of drug-likeness (QED) is 0.365. The van der Waals surface area contributed by atoms with Crippen LogP contribution >= 0.6 is 12.2 Å². The highest BCUT2D eigenvalue weighted by Crippen LogP contribution is 2.15. The molecule has 0 saturated heterocycles. The van der Waals surface area contributed by atoms with Gasteiger partial charge in [0.1, 0.15) is 11.1 Å². The van der Waals surface area contributed by atoms with Crippen LogP contribution in [0.2, 0.25) is 0 Å². The van der Waals surface area contributed by atoms with Crippen LogP contribution in [-0.4, -0.2) is 46.0 Å². The summed E-state index contributed by atoms with van der Waals surface area (Å²) in [6, 6.07) is 9.92. The Bertz CT molecular complexity index is 1160. The van der Waals surface area contributed by atoms with Crippen LogP contribution in [0.3, 0.4) is 0 Å². The third kappa shape index (κ3) is 6.28. The smallest absolute Gasteiger partial charge is 0.407 e. The topological polar surface area (TPSA) is 101 Å². The second-order valence-electron chi connectivity index (χ2n) is 8.14. The van der Waals surface area contributed by atoms with Gasteiger partial charge in [0.15, 0.2) is 4.77 Å². The fourth-order valence-electron chi connectivity index (χ4n) is 3.21. The van der Waals surface area contributed by atoms with E-state index in [1.54, 1.807) is 6.20 Å². The molecular weight excluding hydrogens is 416 g/mol. The molecule has 31 heavy (non-hydrogen) atoms. The van der Waals surface area contributed by atoms with Gasteiger partial charge >= 0.3 is 6.09 Å². The average molecular weight is 445 g/mol. The number of rotatable bonds is 8. The lowest BCUT2D eigenvalue weighted by atomic mass is 10.0. The van der Waals surface area contributed by atoms with Gasteiger partial charge in [-0.05, 0) is 56.6 Å². The maximum Gasteiger partial charge on any atom is 0.407 e. The zero-order valence-electron chi connectivity index (χ0n) is 18.0. The minimum atomic E-state index is -0.519. The lowest BCUT2D eigenvalue weighted by Gasteiger charge is -2.19. The SMILES string of the molecule is CC(C)(C)OC(=O)NCCOCCc1ccccc1Cn1c(=S)[nH]c(=O)c2[nH]ccc21. The molecule has 2 aromatic heterocycles. The summed E-state index contributed by atoms with van der Waals surface area (Å²) in [7, 11) is 0. The van der Waals surface area contributed by atoms with Gasteiger partial charge in [-0.25, -0.2) is 4.79 Å². The van der Waals surface area contributed by atoms with Crippen LogP contribution in [-0.2, 0) is 22.4 Å². The molecule has 3 aromatic rings. The Morgan fingerprint density at radius 3 is 2.65 bits per heavy atom. The summed E-state index contributed by atoms with van der Waals surface area (Å²) in [4.78, 5) is 29.4. The van der Waals surface area contributed by atoms with Crippen LogP contribution < -0.4 is 10.9 Å². The molecule has 1 amide bonds. The van der Waals surface area contributed by atoms with Gasteiger partial charge in [-0.2, -0.15) is 0 Å². The molecule has 0 aliphatic heterocycles. The molecule has 0 aliphatic rings. The van der Waals surface area contributed by atoms with Crippen molar-refractivity contribution in [1.29, 1.82) is 0 Å². The number of H-pyrrole nitrogens is 2. The van der Waals surface area contributed by atoms with Crippen molar-refractivity contribution in [2.75, 3.05) is 19.8 Å². The van der Waals surface area contributed by atoms with E-state index < -0.39 is 11.7 Å². The molecule has 0 saturated carbocycles. The number of hydrogen-bond donors (Lipinski definition) is 3. The average Bonchev–Trinajstić information content (AvgIpc) is 3.17. The van der Waals surface area contributed by atoms with Crippen molar-refractivity contribution in [3.63, 3.8) is 0 Å². The van der Waals surface area contributed by atoms with E-state index in [-0.39, 0.29) is 5.56 Å². The predicted molar refractivity (Wildman–Crippen MR) is 122 cm³/mol. The van der Waals surface area contributed by atoms with E-state index in [4.69, 9.17) is 21.7 Å². The second-order valence-corrected chi connectivity index (χ2v) is 8.53.